The number of hydrogen-bond donors (Lipinski definition) is 1. The average Bonchev–Trinajstić information content (AvgIpc) is 3.07. The Balaban J connectivity index is 1.53. The quantitative estimate of drug-likeness (QED) is 0.877. The first-order valence-corrected chi connectivity index (χ1v) is 8.13. The van der Waals surface area contributed by atoms with E-state index in [2.05, 4.69) is 5.32 Å². The van der Waals surface area contributed by atoms with Crippen molar-refractivity contribution in [2.45, 2.75) is 12.8 Å². The number of benzene rings is 2. The topological polar surface area (TPSA) is 67.9 Å². The SMILES string of the molecule is COc1cccc(CCC(=O)Nc2ccc(N3CCOC3=O)cc2)c1. The molecule has 0 unspecified atom stereocenters. The number of carbonyl (C=O) groups excluding carboxylic acids is 2. The molecule has 6 heteroatoms. The van der Waals surface area contributed by atoms with Crippen LogP contribution in [0.1, 0.15) is 12.0 Å². The lowest BCUT2D eigenvalue weighted by Crippen LogP contribution is -2.23. The van der Waals surface area contributed by atoms with Crippen LogP contribution in [0.5, 0.6) is 5.75 Å². The molecule has 1 N–H and O–H groups in total. The molecule has 0 aliphatic carbocycles. The highest BCUT2D eigenvalue weighted by Gasteiger charge is 2.23. The minimum absolute atomic E-state index is 0.0591. The number of amides is 2. The van der Waals surface area contributed by atoms with E-state index in [1.165, 1.54) is 0 Å². The van der Waals surface area contributed by atoms with E-state index in [9.17, 15) is 9.59 Å². The molecule has 1 aliphatic rings. The van der Waals surface area contributed by atoms with Crippen LogP contribution in [0.25, 0.3) is 0 Å². The number of nitrogens with one attached hydrogen (secondary N) is 1. The molecule has 0 saturated carbocycles. The molecule has 2 aromatic rings. The molecule has 0 radical (unpaired) electrons. The molecular weight excluding hydrogens is 320 g/mol. The summed E-state index contributed by atoms with van der Waals surface area (Å²) in [5.41, 5.74) is 2.52. The van der Waals surface area contributed by atoms with Gasteiger partial charge in [0.25, 0.3) is 0 Å². The van der Waals surface area contributed by atoms with Gasteiger partial charge in [-0.25, -0.2) is 4.79 Å². The van der Waals surface area contributed by atoms with E-state index in [1.807, 2.05) is 24.3 Å². The summed E-state index contributed by atoms with van der Waals surface area (Å²) in [6, 6.07) is 14.8. The number of ether oxygens (including phenoxy) is 2. The number of methoxy groups -OCH3 is 1. The van der Waals surface area contributed by atoms with Crippen LogP contribution in [0, 0.1) is 0 Å². The summed E-state index contributed by atoms with van der Waals surface area (Å²) in [7, 11) is 1.62. The van der Waals surface area contributed by atoms with Crippen molar-refractivity contribution in [1.82, 2.24) is 0 Å². The maximum absolute atomic E-state index is 12.1. The maximum atomic E-state index is 12.1. The summed E-state index contributed by atoms with van der Waals surface area (Å²) in [5, 5.41) is 2.86. The second-order valence-electron chi connectivity index (χ2n) is 5.71. The highest BCUT2D eigenvalue weighted by Crippen LogP contribution is 2.21. The van der Waals surface area contributed by atoms with Crippen molar-refractivity contribution < 1.29 is 19.1 Å². The fourth-order valence-corrected chi connectivity index (χ4v) is 2.66. The van der Waals surface area contributed by atoms with Crippen molar-refractivity contribution in [2.24, 2.45) is 0 Å². The number of aryl methyl sites for hydroxylation is 1. The number of nitrogens with zero attached hydrogens (tertiary/aromatic N) is 1. The monoisotopic (exact) mass is 340 g/mol. The zero-order chi connectivity index (χ0) is 17.6. The van der Waals surface area contributed by atoms with E-state index >= 15 is 0 Å². The molecule has 1 heterocycles. The first-order valence-electron chi connectivity index (χ1n) is 8.13. The Morgan fingerprint density at radius 3 is 2.72 bits per heavy atom. The molecule has 0 atom stereocenters. The minimum atomic E-state index is -0.338. The van der Waals surface area contributed by atoms with Gasteiger partial charge in [0.05, 0.1) is 13.7 Å². The van der Waals surface area contributed by atoms with Gasteiger partial charge >= 0.3 is 6.09 Å². The highest BCUT2D eigenvalue weighted by molar-refractivity contribution is 5.92. The Kier molecular flexibility index (Phi) is 5.18. The Labute approximate surface area is 146 Å². The van der Waals surface area contributed by atoms with Gasteiger partial charge in [-0.05, 0) is 48.4 Å². The summed E-state index contributed by atoms with van der Waals surface area (Å²) < 4.78 is 10.1. The largest absolute Gasteiger partial charge is 0.497 e. The van der Waals surface area contributed by atoms with Crippen molar-refractivity contribution >= 4 is 23.4 Å². The Hall–Kier alpha value is -3.02. The van der Waals surface area contributed by atoms with E-state index < -0.39 is 0 Å². The third kappa shape index (κ3) is 4.29. The second-order valence-corrected chi connectivity index (χ2v) is 5.71. The first kappa shape index (κ1) is 16.8. The molecule has 2 amide bonds. The first-order chi connectivity index (χ1) is 12.2. The Morgan fingerprint density at radius 2 is 2.04 bits per heavy atom. The average molecular weight is 340 g/mol. The van der Waals surface area contributed by atoms with Crippen molar-refractivity contribution in [3.05, 3.63) is 54.1 Å². The fraction of sp³-hybridized carbons (Fsp3) is 0.263. The molecule has 0 bridgehead atoms. The summed E-state index contributed by atoms with van der Waals surface area (Å²) in [6.45, 7) is 0.951. The predicted molar refractivity (Wildman–Crippen MR) is 95.1 cm³/mol. The van der Waals surface area contributed by atoms with E-state index in [0.717, 1.165) is 17.0 Å². The lowest BCUT2D eigenvalue weighted by Gasteiger charge is -2.13. The van der Waals surface area contributed by atoms with Crippen LogP contribution in [0.2, 0.25) is 0 Å². The molecule has 25 heavy (non-hydrogen) atoms. The zero-order valence-electron chi connectivity index (χ0n) is 14.0. The minimum Gasteiger partial charge on any atom is -0.497 e. The van der Waals surface area contributed by atoms with Gasteiger partial charge < -0.3 is 14.8 Å². The number of hydrogen-bond acceptors (Lipinski definition) is 4. The molecule has 0 aromatic heterocycles. The molecule has 0 spiro atoms. The fourth-order valence-electron chi connectivity index (χ4n) is 2.66. The van der Waals surface area contributed by atoms with Crippen molar-refractivity contribution in [1.29, 1.82) is 0 Å². The number of rotatable bonds is 6. The van der Waals surface area contributed by atoms with Crippen LogP contribution in [0.3, 0.4) is 0 Å². The third-order valence-corrected chi connectivity index (χ3v) is 4.00. The van der Waals surface area contributed by atoms with Gasteiger partial charge in [-0.1, -0.05) is 12.1 Å². The van der Waals surface area contributed by atoms with Crippen LogP contribution in [0.15, 0.2) is 48.5 Å². The van der Waals surface area contributed by atoms with E-state index in [-0.39, 0.29) is 12.0 Å². The lowest BCUT2D eigenvalue weighted by molar-refractivity contribution is -0.116. The van der Waals surface area contributed by atoms with Gasteiger partial charge in [-0.2, -0.15) is 0 Å². The molecule has 130 valence electrons. The summed E-state index contributed by atoms with van der Waals surface area (Å²) in [5.74, 6) is 0.727. The molecule has 1 aliphatic heterocycles. The predicted octanol–water partition coefficient (Wildman–Crippen LogP) is 3.22. The number of anilines is 2. The van der Waals surface area contributed by atoms with Gasteiger partial charge in [0.2, 0.25) is 5.91 Å². The van der Waals surface area contributed by atoms with Gasteiger partial charge in [-0.15, -0.1) is 0 Å². The zero-order valence-corrected chi connectivity index (χ0v) is 14.0. The smallest absolute Gasteiger partial charge is 0.414 e. The maximum Gasteiger partial charge on any atom is 0.414 e. The van der Waals surface area contributed by atoms with E-state index in [0.29, 0.717) is 31.7 Å². The standard InChI is InChI=1S/C19H20N2O4/c1-24-17-4-2-3-14(13-17)5-10-18(22)20-15-6-8-16(9-7-15)21-11-12-25-19(21)23/h2-4,6-9,13H,5,10-12H2,1H3,(H,20,22). The highest BCUT2D eigenvalue weighted by atomic mass is 16.6. The van der Waals surface area contributed by atoms with Crippen molar-refractivity contribution in [3.8, 4) is 5.75 Å². The van der Waals surface area contributed by atoms with E-state index in [1.54, 1.807) is 36.3 Å². The molecule has 6 nitrogen and oxygen atoms in total. The number of cyclic esters (lactones) is 1. The lowest BCUT2D eigenvalue weighted by atomic mass is 10.1. The van der Waals surface area contributed by atoms with Gasteiger partial charge in [-0.3, -0.25) is 9.69 Å². The Morgan fingerprint density at radius 1 is 1.24 bits per heavy atom. The molecule has 3 rings (SSSR count). The molecule has 2 aromatic carbocycles. The second kappa shape index (κ2) is 7.70. The van der Waals surface area contributed by atoms with Crippen molar-refractivity contribution in [3.63, 3.8) is 0 Å². The summed E-state index contributed by atoms with van der Waals surface area (Å²) in [6.07, 6.45) is 0.684. The van der Waals surface area contributed by atoms with Crippen LogP contribution in [-0.4, -0.2) is 32.3 Å². The summed E-state index contributed by atoms with van der Waals surface area (Å²) in [4.78, 5) is 25.2. The summed E-state index contributed by atoms with van der Waals surface area (Å²) >= 11 is 0. The number of carbonyl (C=O) groups is 2. The van der Waals surface area contributed by atoms with Crippen LogP contribution < -0.4 is 15.0 Å². The van der Waals surface area contributed by atoms with Crippen LogP contribution in [-0.2, 0) is 16.0 Å². The normalized spacial score (nSPS) is 13.5. The van der Waals surface area contributed by atoms with Crippen molar-refractivity contribution in [2.75, 3.05) is 30.5 Å². The van der Waals surface area contributed by atoms with Gasteiger partial charge in [0.1, 0.15) is 12.4 Å². The molecule has 1 fully saturated rings. The van der Waals surface area contributed by atoms with Crippen LogP contribution in [0.4, 0.5) is 16.2 Å². The molecular formula is C19H20N2O4. The van der Waals surface area contributed by atoms with Crippen LogP contribution >= 0.6 is 0 Å². The molecule has 1 saturated heterocycles. The van der Waals surface area contributed by atoms with E-state index in [4.69, 9.17) is 9.47 Å². The third-order valence-electron chi connectivity index (χ3n) is 4.00. The van der Waals surface area contributed by atoms with Gasteiger partial charge in [0.15, 0.2) is 0 Å². The van der Waals surface area contributed by atoms with Gasteiger partial charge in [0, 0.05) is 17.8 Å². The Bertz CT molecular complexity index is 758.